The molecule has 162 valence electrons. The van der Waals surface area contributed by atoms with E-state index in [1.807, 2.05) is 6.92 Å². The van der Waals surface area contributed by atoms with Gasteiger partial charge in [-0.2, -0.15) is 0 Å². The lowest BCUT2D eigenvalue weighted by Crippen LogP contribution is -2.06. The number of halogens is 1. The zero-order valence-electron chi connectivity index (χ0n) is 16.9. The van der Waals surface area contributed by atoms with Crippen LogP contribution in [0, 0.1) is 0 Å². The van der Waals surface area contributed by atoms with E-state index in [2.05, 4.69) is 10.3 Å². The largest absolute Gasteiger partial charge is 0.478 e. The first-order chi connectivity index (χ1) is 15.3. The molecule has 1 aromatic heterocycles. The summed E-state index contributed by atoms with van der Waals surface area (Å²) in [7, 11) is -4.01. The predicted molar refractivity (Wildman–Crippen MR) is 120 cm³/mol. The van der Waals surface area contributed by atoms with E-state index in [0.29, 0.717) is 16.3 Å². The lowest BCUT2D eigenvalue weighted by molar-refractivity contribution is 0.0697. The minimum absolute atomic E-state index is 0.0413. The molecule has 1 N–H and O–H groups in total. The van der Waals surface area contributed by atoms with Gasteiger partial charge in [-0.1, -0.05) is 54.1 Å². The van der Waals surface area contributed by atoms with Crippen molar-refractivity contribution in [2.45, 2.75) is 23.3 Å². The molecule has 4 rings (SSSR count). The standard InChI is InChI=1S/C23H18ClN3O4S/c1-2-15-6-12-20(13-7-15)32(30,31)22-21(16-8-10-18(24)11-9-16)27(26-25-22)19-5-3-4-17(14-19)23(28)29/h3-14H,2H2,1H3,(H,28,29). The molecule has 0 aliphatic carbocycles. The number of aromatic carboxylic acids is 1. The number of sulfone groups is 1. The third kappa shape index (κ3) is 4.02. The maximum absolute atomic E-state index is 13.5. The maximum Gasteiger partial charge on any atom is 0.335 e. The molecule has 0 bridgehead atoms. The number of carbonyl (C=O) groups is 1. The van der Waals surface area contributed by atoms with Crippen LogP contribution in [0.4, 0.5) is 0 Å². The minimum atomic E-state index is -4.01. The topological polar surface area (TPSA) is 102 Å². The van der Waals surface area contributed by atoms with Gasteiger partial charge < -0.3 is 5.11 Å². The molecule has 0 spiro atoms. The quantitative estimate of drug-likeness (QED) is 0.441. The first-order valence-corrected chi connectivity index (χ1v) is 11.6. The third-order valence-corrected chi connectivity index (χ3v) is 6.92. The summed E-state index contributed by atoms with van der Waals surface area (Å²) in [6, 6.07) is 19.2. The van der Waals surface area contributed by atoms with Crippen LogP contribution < -0.4 is 0 Å². The molecule has 0 unspecified atom stereocenters. The Kier molecular flexibility index (Phi) is 5.82. The van der Waals surface area contributed by atoms with Crippen molar-refractivity contribution in [1.82, 2.24) is 15.0 Å². The lowest BCUT2D eigenvalue weighted by atomic mass is 10.1. The number of hydrogen-bond donors (Lipinski definition) is 1. The Morgan fingerprint density at radius 1 is 1.03 bits per heavy atom. The third-order valence-electron chi connectivity index (χ3n) is 4.99. The summed E-state index contributed by atoms with van der Waals surface area (Å²) in [5.41, 5.74) is 2.15. The smallest absolute Gasteiger partial charge is 0.335 e. The van der Waals surface area contributed by atoms with Gasteiger partial charge in [0.2, 0.25) is 14.9 Å². The Morgan fingerprint density at radius 2 is 1.72 bits per heavy atom. The molecule has 0 aliphatic heterocycles. The van der Waals surface area contributed by atoms with Gasteiger partial charge in [0.15, 0.2) is 0 Å². The van der Waals surface area contributed by atoms with Crippen molar-refractivity contribution >= 4 is 27.4 Å². The number of carboxylic acid groups (broad SMARTS) is 1. The fourth-order valence-electron chi connectivity index (χ4n) is 3.27. The molecule has 0 amide bonds. The second-order valence-corrected chi connectivity index (χ2v) is 9.32. The second-order valence-electron chi connectivity index (χ2n) is 7.02. The van der Waals surface area contributed by atoms with Crippen LogP contribution in [0.3, 0.4) is 0 Å². The van der Waals surface area contributed by atoms with Gasteiger partial charge in [-0.3, -0.25) is 0 Å². The van der Waals surface area contributed by atoms with Gasteiger partial charge in [0.1, 0.15) is 5.69 Å². The van der Waals surface area contributed by atoms with Crippen molar-refractivity contribution in [2.75, 3.05) is 0 Å². The highest BCUT2D eigenvalue weighted by atomic mass is 35.5. The first kappa shape index (κ1) is 21.7. The Bertz CT molecular complexity index is 1400. The summed E-state index contributed by atoms with van der Waals surface area (Å²) in [6.07, 6.45) is 0.784. The summed E-state index contributed by atoms with van der Waals surface area (Å²) in [4.78, 5) is 11.5. The Balaban J connectivity index is 1.95. The van der Waals surface area contributed by atoms with Crippen LogP contribution in [0.5, 0.6) is 0 Å². The fourth-order valence-corrected chi connectivity index (χ4v) is 4.72. The molecular weight excluding hydrogens is 450 g/mol. The molecule has 7 nitrogen and oxygen atoms in total. The van der Waals surface area contributed by atoms with E-state index in [0.717, 1.165) is 12.0 Å². The van der Waals surface area contributed by atoms with Crippen LogP contribution in [0.15, 0.2) is 82.7 Å². The van der Waals surface area contributed by atoms with Crippen LogP contribution in [-0.4, -0.2) is 34.5 Å². The number of rotatable bonds is 6. The van der Waals surface area contributed by atoms with Crippen molar-refractivity contribution in [3.05, 3.63) is 88.9 Å². The number of carboxylic acids is 1. The molecule has 3 aromatic carbocycles. The van der Waals surface area contributed by atoms with Gasteiger partial charge in [0, 0.05) is 10.6 Å². The van der Waals surface area contributed by atoms with Crippen molar-refractivity contribution in [1.29, 1.82) is 0 Å². The summed E-state index contributed by atoms with van der Waals surface area (Å²) < 4.78 is 28.3. The van der Waals surface area contributed by atoms with E-state index >= 15 is 0 Å². The highest BCUT2D eigenvalue weighted by Crippen LogP contribution is 2.32. The summed E-state index contributed by atoms with van der Waals surface area (Å²) in [6.45, 7) is 1.99. The van der Waals surface area contributed by atoms with Gasteiger partial charge in [0.05, 0.1) is 16.1 Å². The SMILES string of the molecule is CCc1ccc(S(=O)(=O)c2nnn(-c3cccc(C(=O)O)c3)c2-c2ccc(Cl)cc2)cc1. The van der Waals surface area contributed by atoms with Gasteiger partial charge in [0.25, 0.3) is 0 Å². The summed E-state index contributed by atoms with van der Waals surface area (Å²) in [5.74, 6) is -1.11. The molecule has 0 saturated carbocycles. The van der Waals surface area contributed by atoms with E-state index in [9.17, 15) is 18.3 Å². The van der Waals surface area contributed by atoms with E-state index in [1.165, 1.54) is 16.8 Å². The van der Waals surface area contributed by atoms with Gasteiger partial charge in [-0.15, -0.1) is 5.10 Å². The summed E-state index contributed by atoms with van der Waals surface area (Å²) >= 11 is 6.02. The van der Waals surface area contributed by atoms with E-state index in [4.69, 9.17) is 11.6 Å². The van der Waals surface area contributed by atoms with Crippen LogP contribution in [-0.2, 0) is 16.3 Å². The van der Waals surface area contributed by atoms with Crippen LogP contribution in [0.2, 0.25) is 5.02 Å². The number of hydrogen-bond acceptors (Lipinski definition) is 5. The molecule has 32 heavy (non-hydrogen) atoms. The zero-order chi connectivity index (χ0) is 22.9. The van der Waals surface area contributed by atoms with Crippen molar-refractivity contribution in [2.24, 2.45) is 0 Å². The highest BCUT2D eigenvalue weighted by Gasteiger charge is 2.29. The van der Waals surface area contributed by atoms with Gasteiger partial charge in [-0.25, -0.2) is 17.9 Å². The number of nitrogens with zero attached hydrogens (tertiary/aromatic N) is 3. The molecule has 1 heterocycles. The average molecular weight is 468 g/mol. The summed E-state index contributed by atoms with van der Waals surface area (Å²) in [5, 5.41) is 17.7. The normalized spacial score (nSPS) is 11.4. The number of benzene rings is 3. The first-order valence-electron chi connectivity index (χ1n) is 9.70. The van der Waals surface area contributed by atoms with Crippen LogP contribution >= 0.6 is 11.6 Å². The maximum atomic E-state index is 13.5. The lowest BCUT2D eigenvalue weighted by Gasteiger charge is -2.10. The van der Waals surface area contributed by atoms with E-state index in [1.54, 1.807) is 60.7 Å². The van der Waals surface area contributed by atoms with Crippen LogP contribution in [0.1, 0.15) is 22.8 Å². The Morgan fingerprint density at radius 3 is 2.34 bits per heavy atom. The fraction of sp³-hybridized carbons (Fsp3) is 0.0870. The van der Waals surface area contributed by atoms with E-state index < -0.39 is 15.8 Å². The number of aromatic nitrogens is 3. The van der Waals surface area contributed by atoms with Crippen molar-refractivity contribution in [3.63, 3.8) is 0 Å². The molecule has 4 aromatic rings. The molecule has 0 atom stereocenters. The highest BCUT2D eigenvalue weighted by molar-refractivity contribution is 7.91. The second kappa shape index (κ2) is 8.57. The zero-order valence-corrected chi connectivity index (χ0v) is 18.5. The van der Waals surface area contributed by atoms with Gasteiger partial charge in [-0.05, 0) is 54.4 Å². The van der Waals surface area contributed by atoms with Crippen LogP contribution in [0.25, 0.3) is 16.9 Å². The Hall–Kier alpha value is -3.49. The predicted octanol–water partition coefficient (Wildman–Crippen LogP) is 4.68. The average Bonchev–Trinajstić information content (AvgIpc) is 3.26. The Labute approximate surface area is 189 Å². The molecular formula is C23H18ClN3O4S. The number of aryl methyl sites for hydroxylation is 1. The van der Waals surface area contributed by atoms with Crippen molar-refractivity contribution in [3.8, 4) is 16.9 Å². The molecule has 0 saturated heterocycles. The molecule has 0 fully saturated rings. The van der Waals surface area contributed by atoms with Crippen molar-refractivity contribution < 1.29 is 18.3 Å². The monoisotopic (exact) mass is 467 g/mol. The molecule has 0 aliphatic rings. The van der Waals surface area contributed by atoms with Gasteiger partial charge >= 0.3 is 5.97 Å². The minimum Gasteiger partial charge on any atom is -0.478 e. The molecule has 9 heteroatoms. The van der Waals surface area contributed by atoms with E-state index in [-0.39, 0.29) is 21.2 Å². The molecule has 0 radical (unpaired) electrons.